The summed E-state index contributed by atoms with van der Waals surface area (Å²) in [7, 11) is 0. The SMILES string of the molecule is c1cc(-c2cc3ccccc3[nH]2)cc(N2CCC(NCCN3CCCNCC3)CC2)c1. The normalized spacial score (nSPS) is 19.0. The number of nitrogens with one attached hydrogen (secondary N) is 3. The number of hydrogen-bond acceptors (Lipinski definition) is 4. The Balaban J connectivity index is 1.14. The summed E-state index contributed by atoms with van der Waals surface area (Å²) >= 11 is 0. The van der Waals surface area contributed by atoms with Crippen molar-refractivity contribution >= 4 is 16.6 Å². The molecule has 0 bridgehead atoms. The molecule has 3 N–H and O–H groups in total. The summed E-state index contributed by atoms with van der Waals surface area (Å²) in [4.78, 5) is 8.71. The minimum Gasteiger partial charge on any atom is -0.371 e. The van der Waals surface area contributed by atoms with Crippen molar-refractivity contribution in [1.82, 2.24) is 20.5 Å². The van der Waals surface area contributed by atoms with Gasteiger partial charge in [-0.2, -0.15) is 0 Å². The molecule has 0 saturated carbocycles. The molecule has 2 saturated heterocycles. The second kappa shape index (κ2) is 9.86. The monoisotopic (exact) mass is 417 g/mol. The first-order chi connectivity index (χ1) is 15.3. The van der Waals surface area contributed by atoms with Gasteiger partial charge >= 0.3 is 0 Å². The van der Waals surface area contributed by atoms with Crippen molar-refractivity contribution in [2.75, 3.05) is 57.3 Å². The van der Waals surface area contributed by atoms with E-state index in [2.05, 4.69) is 80.0 Å². The van der Waals surface area contributed by atoms with Gasteiger partial charge in [0.15, 0.2) is 0 Å². The van der Waals surface area contributed by atoms with Crippen LogP contribution in [0, 0.1) is 0 Å². The lowest BCUT2D eigenvalue weighted by Crippen LogP contribution is -2.45. The molecule has 3 heterocycles. The molecule has 5 nitrogen and oxygen atoms in total. The zero-order valence-electron chi connectivity index (χ0n) is 18.4. The van der Waals surface area contributed by atoms with Gasteiger partial charge in [-0.15, -0.1) is 0 Å². The number of aromatic amines is 1. The summed E-state index contributed by atoms with van der Waals surface area (Å²) in [6.07, 6.45) is 3.71. The lowest BCUT2D eigenvalue weighted by atomic mass is 10.0. The number of fused-ring (bicyclic) bond motifs is 1. The quantitative estimate of drug-likeness (QED) is 0.573. The molecular formula is C26H35N5. The first-order valence-electron chi connectivity index (χ1n) is 11.9. The summed E-state index contributed by atoms with van der Waals surface area (Å²) < 4.78 is 0. The fourth-order valence-corrected chi connectivity index (χ4v) is 4.99. The molecule has 31 heavy (non-hydrogen) atoms. The molecule has 0 unspecified atom stereocenters. The highest BCUT2D eigenvalue weighted by atomic mass is 15.2. The Hall–Kier alpha value is -2.34. The van der Waals surface area contributed by atoms with Crippen LogP contribution in [0.25, 0.3) is 22.2 Å². The van der Waals surface area contributed by atoms with Gasteiger partial charge in [0, 0.05) is 67.6 Å². The number of benzene rings is 2. The average molecular weight is 418 g/mol. The summed E-state index contributed by atoms with van der Waals surface area (Å²) in [6, 6.07) is 20.4. The Kier molecular flexibility index (Phi) is 6.54. The Morgan fingerprint density at radius 2 is 1.81 bits per heavy atom. The lowest BCUT2D eigenvalue weighted by molar-refractivity contribution is 0.280. The van der Waals surface area contributed by atoms with Crippen LogP contribution >= 0.6 is 0 Å². The van der Waals surface area contributed by atoms with E-state index in [4.69, 9.17) is 0 Å². The minimum absolute atomic E-state index is 0.651. The number of rotatable bonds is 6. The molecule has 1 aromatic heterocycles. The summed E-state index contributed by atoms with van der Waals surface area (Å²) in [5.74, 6) is 0. The topological polar surface area (TPSA) is 46.3 Å². The molecule has 2 fully saturated rings. The molecule has 5 rings (SSSR count). The summed E-state index contributed by atoms with van der Waals surface area (Å²) in [6.45, 7) is 9.27. The van der Waals surface area contributed by atoms with E-state index < -0.39 is 0 Å². The maximum absolute atomic E-state index is 3.82. The molecule has 5 heteroatoms. The number of nitrogens with zero attached hydrogens (tertiary/aromatic N) is 2. The van der Waals surface area contributed by atoms with E-state index in [0.29, 0.717) is 6.04 Å². The van der Waals surface area contributed by atoms with Crippen LogP contribution in [0.1, 0.15) is 19.3 Å². The second-order valence-corrected chi connectivity index (χ2v) is 8.98. The molecule has 0 amide bonds. The number of hydrogen-bond donors (Lipinski definition) is 3. The van der Waals surface area contributed by atoms with E-state index >= 15 is 0 Å². The van der Waals surface area contributed by atoms with Crippen LogP contribution in [-0.4, -0.2) is 68.3 Å². The molecule has 2 aliphatic heterocycles. The van der Waals surface area contributed by atoms with E-state index in [1.165, 1.54) is 73.3 Å². The maximum Gasteiger partial charge on any atom is 0.0465 e. The Morgan fingerprint density at radius 1 is 0.903 bits per heavy atom. The number of aromatic nitrogens is 1. The molecule has 3 aromatic rings. The maximum atomic E-state index is 3.82. The van der Waals surface area contributed by atoms with Gasteiger partial charge in [0.25, 0.3) is 0 Å². The van der Waals surface area contributed by atoms with Gasteiger partial charge in [-0.05, 0) is 62.2 Å². The molecule has 0 spiro atoms. The number of piperidine rings is 1. The number of H-pyrrole nitrogens is 1. The Labute approximate surface area is 185 Å². The fourth-order valence-electron chi connectivity index (χ4n) is 4.99. The van der Waals surface area contributed by atoms with Crippen molar-refractivity contribution in [2.24, 2.45) is 0 Å². The predicted octanol–water partition coefficient (Wildman–Crippen LogP) is 3.69. The van der Waals surface area contributed by atoms with Crippen LogP contribution in [0.15, 0.2) is 54.6 Å². The van der Waals surface area contributed by atoms with E-state index in [-0.39, 0.29) is 0 Å². The third-order valence-electron chi connectivity index (χ3n) is 6.84. The average Bonchev–Trinajstić information content (AvgIpc) is 3.09. The molecular weight excluding hydrogens is 382 g/mol. The van der Waals surface area contributed by atoms with E-state index in [9.17, 15) is 0 Å². The third kappa shape index (κ3) is 5.12. The highest BCUT2D eigenvalue weighted by Gasteiger charge is 2.20. The van der Waals surface area contributed by atoms with Crippen molar-refractivity contribution in [3.63, 3.8) is 0 Å². The molecule has 164 valence electrons. The first-order valence-corrected chi connectivity index (χ1v) is 11.9. The molecule has 0 aliphatic carbocycles. The van der Waals surface area contributed by atoms with E-state index in [1.807, 2.05) is 0 Å². The van der Waals surface area contributed by atoms with Gasteiger partial charge in [-0.25, -0.2) is 0 Å². The Morgan fingerprint density at radius 3 is 2.71 bits per heavy atom. The van der Waals surface area contributed by atoms with Crippen molar-refractivity contribution in [3.8, 4) is 11.3 Å². The van der Waals surface area contributed by atoms with E-state index in [0.717, 1.165) is 26.2 Å². The summed E-state index contributed by atoms with van der Waals surface area (Å²) in [5.41, 5.74) is 5.00. The van der Waals surface area contributed by atoms with Gasteiger partial charge in [-0.3, -0.25) is 0 Å². The van der Waals surface area contributed by atoms with Crippen LogP contribution in [-0.2, 0) is 0 Å². The molecule has 2 aliphatic rings. The van der Waals surface area contributed by atoms with Crippen LogP contribution in [0.4, 0.5) is 5.69 Å². The van der Waals surface area contributed by atoms with Crippen molar-refractivity contribution in [3.05, 3.63) is 54.6 Å². The lowest BCUT2D eigenvalue weighted by Gasteiger charge is -2.34. The molecule has 0 radical (unpaired) electrons. The van der Waals surface area contributed by atoms with Crippen LogP contribution in [0.3, 0.4) is 0 Å². The van der Waals surface area contributed by atoms with Crippen molar-refractivity contribution in [1.29, 1.82) is 0 Å². The van der Waals surface area contributed by atoms with Crippen LogP contribution in [0.2, 0.25) is 0 Å². The van der Waals surface area contributed by atoms with Gasteiger partial charge in [-0.1, -0.05) is 30.3 Å². The zero-order valence-corrected chi connectivity index (χ0v) is 18.4. The predicted molar refractivity (Wildman–Crippen MR) is 131 cm³/mol. The first kappa shape index (κ1) is 20.6. The smallest absolute Gasteiger partial charge is 0.0465 e. The molecule has 0 atom stereocenters. The fraction of sp³-hybridized carbons (Fsp3) is 0.462. The largest absolute Gasteiger partial charge is 0.371 e. The third-order valence-corrected chi connectivity index (χ3v) is 6.84. The van der Waals surface area contributed by atoms with Gasteiger partial charge in [0.2, 0.25) is 0 Å². The van der Waals surface area contributed by atoms with E-state index in [1.54, 1.807) is 0 Å². The number of anilines is 1. The van der Waals surface area contributed by atoms with Crippen molar-refractivity contribution in [2.45, 2.75) is 25.3 Å². The van der Waals surface area contributed by atoms with Gasteiger partial charge < -0.3 is 25.4 Å². The standard InChI is InChI=1S/C26H35N5/c1-2-8-25-22(5-1)20-26(29-25)21-6-3-7-24(19-21)31-15-9-23(10-16-31)28-13-18-30-14-4-11-27-12-17-30/h1-3,5-8,19-20,23,27-29H,4,9-18H2. The minimum atomic E-state index is 0.651. The Bertz CT molecular complexity index is 932. The highest BCUT2D eigenvalue weighted by Crippen LogP contribution is 2.28. The highest BCUT2D eigenvalue weighted by molar-refractivity contribution is 5.86. The van der Waals surface area contributed by atoms with Gasteiger partial charge in [0.1, 0.15) is 0 Å². The van der Waals surface area contributed by atoms with Crippen LogP contribution in [0.5, 0.6) is 0 Å². The van der Waals surface area contributed by atoms with Crippen molar-refractivity contribution < 1.29 is 0 Å². The van der Waals surface area contributed by atoms with Gasteiger partial charge in [0.05, 0.1) is 0 Å². The second-order valence-electron chi connectivity index (χ2n) is 8.98. The molecule has 2 aromatic carbocycles. The zero-order chi connectivity index (χ0) is 20.9. The van der Waals surface area contributed by atoms with Crippen LogP contribution < -0.4 is 15.5 Å². The number of para-hydroxylation sites is 1. The summed E-state index contributed by atoms with van der Waals surface area (Å²) in [5, 5.41) is 8.58.